The first kappa shape index (κ1) is 31.0. The lowest BCUT2D eigenvalue weighted by atomic mass is 10.1. The van der Waals surface area contributed by atoms with E-state index in [-0.39, 0.29) is 50.8 Å². The Bertz CT molecular complexity index is 796. The molecule has 14 heteroatoms. The molecule has 204 valence electrons. The van der Waals surface area contributed by atoms with Gasteiger partial charge in [-0.25, -0.2) is 9.59 Å². The molecule has 13 nitrogen and oxygen atoms in total. The second kappa shape index (κ2) is 16.6. The molecule has 1 heterocycles. The highest BCUT2D eigenvalue weighted by Crippen LogP contribution is 2.23. The van der Waals surface area contributed by atoms with Crippen molar-refractivity contribution < 1.29 is 38.2 Å². The van der Waals surface area contributed by atoms with Gasteiger partial charge in [-0.1, -0.05) is 0 Å². The Hall–Kier alpha value is -3.03. The van der Waals surface area contributed by atoms with E-state index in [1.165, 1.54) is 11.8 Å². The van der Waals surface area contributed by atoms with Crippen LogP contribution in [0.3, 0.4) is 0 Å². The lowest BCUT2D eigenvalue weighted by molar-refractivity contribution is -0.138. The van der Waals surface area contributed by atoms with Crippen molar-refractivity contribution in [1.82, 2.24) is 26.2 Å². The first-order chi connectivity index (χ1) is 17.1. The minimum absolute atomic E-state index is 0.0336. The Kier molecular flexibility index (Phi) is 14.3. The van der Waals surface area contributed by atoms with E-state index in [1.807, 2.05) is 0 Å². The molecule has 36 heavy (non-hydrogen) atoms. The summed E-state index contributed by atoms with van der Waals surface area (Å²) < 4.78 is 9.63. The quantitative estimate of drug-likeness (QED) is 0.133. The van der Waals surface area contributed by atoms with Crippen LogP contribution in [0, 0.1) is 0 Å². The van der Waals surface area contributed by atoms with Crippen molar-refractivity contribution in [2.45, 2.75) is 70.3 Å². The molecule has 0 radical (unpaired) electrons. The van der Waals surface area contributed by atoms with E-state index in [4.69, 9.17) is 9.47 Å². The highest BCUT2D eigenvalue weighted by atomic mass is 32.2. The number of ether oxygens (including phenoxy) is 2. The van der Waals surface area contributed by atoms with Crippen LogP contribution in [0.15, 0.2) is 0 Å². The molecule has 0 bridgehead atoms. The maximum absolute atomic E-state index is 12.7. The van der Waals surface area contributed by atoms with Crippen LogP contribution < -0.4 is 21.3 Å². The van der Waals surface area contributed by atoms with E-state index in [0.29, 0.717) is 19.4 Å². The molecule has 0 aliphatic carbocycles. The zero-order valence-corrected chi connectivity index (χ0v) is 22.0. The van der Waals surface area contributed by atoms with Crippen molar-refractivity contribution in [3.05, 3.63) is 0 Å². The van der Waals surface area contributed by atoms with Gasteiger partial charge in [0.2, 0.25) is 23.6 Å². The predicted molar refractivity (Wildman–Crippen MR) is 132 cm³/mol. The maximum atomic E-state index is 12.7. The molecule has 1 fully saturated rings. The summed E-state index contributed by atoms with van der Waals surface area (Å²) in [5, 5.41) is 9.87. The van der Waals surface area contributed by atoms with Crippen molar-refractivity contribution >= 4 is 47.6 Å². The van der Waals surface area contributed by atoms with Crippen LogP contribution in [-0.2, 0) is 28.7 Å². The number of likely N-dealkylation sites (tertiary alicyclic amines) is 1. The molecular formula is C22H37N5O8S. The van der Waals surface area contributed by atoms with Gasteiger partial charge in [0.05, 0.1) is 24.6 Å². The molecule has 1 aliphatic heterocycles. The highest BCUT2D eigenvalue weighted by molar-refractivity contribution is 8.00. The molecular weight excluding hydrogens is 494 g/mol. The number of hydrogen-bond donors (Lipinski definition) is 4. The molecule has 0 aromatic rings. The first-order valence-corrected chi connectivity index (χ1v) is 13.2. The van der Waals surface area contributed by atoms with Crippen molar-refractivity contribution in [3.63, 3.8) is 0 Å². The van der Waals surface area contributed by atoms with Crippen LogP contribution in [0.2, 0.25) is 0 Å². The van der Waals surface area contributed by atoms with Crippen molar-refractivity contribution in [3.8, 4) is 0 Å². The van der Waals surface area contributed by atoms with Gasteiger partial charge >= 0.3 is 12.2 Å². The van der Waals surface area contributed by atoms with Gasteiger partial charge < -0.3 is 30.7 Å². The van der Waals surface area contributed by atoms with Crippen LogP contribution in [0.1, 0.15) is 52.9 Å². The predicted octanol–water partition coefficient (Wildman–Crippen LogP) is 0.477. The van der Waals surface area contributed by atoms with Gasteiger partial charge in [-0.15, -0.1) is 0 Å². The first-order valence-electron chi connectivity index (χ1n) is 11.9. The van der Waals surface area contributed by atoms with Crippen LogP contribution >= 0.6 is 11.8 Å². The fraction of sp³-hybridized carbons (Fsp3) is 0.727. The normalized spacial score (nSPS) is 16.7. The second-order valence-corrected chi connectivity index (χ2v) is 8.96. The van der Waals surface area contributed by atoms with E-state index in [1.54, 1.807) is 27.0 Å². The number of imide groups is 1. The average Bonchev–Trinajstić information content (AvgIpc) is 3.09. The van der Waals surface area contributed by atoms with Crippen LogP contribution in [-0.4, -0.2) is 90.7 Å². The number of carbonyl (C=O) groups excluding carboxylic acids is 6. The molecule has 1 rings (SSSR count). The lowest BCUT2D eigenvalue weighted by Gasteiger charge is -2.22. The molecule has 0 aromatic carbocycles. The van der Waals surface area contributed by atoms with Gasteiger partial charge in [0.15, 0.2) is 0 Å². The number of thioether (sulfide) groups is 1. The topological polar surface area (TPSA) is 172 Å². The molecule has 1 aliphatic rings. The van der Waals surface area contributed by atoms with Crippen molar-refractivity contribution in [2.75, 3.05) is 32.6 Å². The van der Waals surface area contributed by atoms with E-state index >= 15 is 0 Å². The smallest absolute Gasteiger partial charge is 0.407 e. The standard InChI is InChI=1S/C22H37N5O8S/c1-5-34-21(32)23-11-8-7-9-15(26-22(33)35-6-2)19(30)25-14(3)24-17(28)10-12-27-18(29)13-16(36-4)20(27)31/h14-16H,5-13H2,1-4H3,(H,23,32)(H,24,28)(H,25,30)(H,26,33). The van der Waals surface area contributed by atoms with E-state index in [9.17, 15) is 28.8 Å². The minimum atomic E-state index is -0.922. The Balaban J connectivity index is 2.51. The molecule has 1 saturated heterocycles. The number of amides is 6. The lowest BCUT2D eigenvalue weighted by Crippen LogP contribution is -2.53. The van der Waals surface area contributed by atoms with Crippen LogP contribution in [0.5, 0.6) is 0 Å². The molecule has 0 spiro atoms. The van der Waals surface area contributed by atoms with Gasteiger partial charge in [-0.3, -0.25) is 24.1 Å². The summed E-state index contributed by atoms with van der Waals surface area (Å²) in [6.07, 6.45) is 1.06. The summed E-state index contributed by atoms with van der Waals surface area (Å²) in [7, 11) is 0. The fourth-order valence-corrected chi connectivity index (χ4v) is 4.02. The highest BCUT2D eigenvalue weighted by Gasteiger charge is 2.37. The Morgan fingerprint density at radius 2 is 1.69 bits per heavy atom. The van der Waals surface area contributed by atoms with Gasteiger partial charge in [0, 0.05) is 25.9 Å². The average molecular weight is 532 g/mol. The summed E-state index contributed by atoms with van der Waals surface area (Å²) in [5.74, 6) is -1.58. The monoisotopic (exact) mass is 531 g/mol. The molecule has 0 saturated carbocycles. The van der Waals surface area contributed by atoms with Crippen molar-refractivity contribution in [2.24, 2.45) is 0 Å². The molecule has 3 unspecified atom stereocenters. The second-order valence-electron chi connectivity index (χ2n) is 7.92. The molecule has 3 atom stereocenters. The summed E-state index contributed by atoms with van der Waals surface area (Å²) >= 11 is 1.30. The summed E-state index contributed by atoms with van der Waals surface area (Å²) in [5.41, 5.74) is 0. The maximum Gasteiger partial charge on any atom is 0.407 e. The Labute approximate surface area is 215 Å². The number of carbonyl (C=O) groups is 6. The van der Waals surface area contributed by atoms with E-state index < -0.39 is 41.5 Å². The van der Waals surface area contributed by atoms with E-state index in [2.05, 4.69) is 21.3 Å². The SMILES string of the molecule is CCOC(=O)NCCCCC(NC(=O)OCC)C(=O)NC(C)NC(=O)CCN1C(=O)CC(SC)C1=O. The van der Waals surface area contributed by atoms with Crippen LogP contribution in [0.4, 0.5) is 9.59 Å². The summed E-state index contributed by atoms with van der Waals surface area (Å²) in [6.45, 7) is 5.60. The molecule has 0 aromatic heterocycles. The third kappa shape index (κ3) is 11.1. The number of rotatable bonds is 15. The van der Waals surface area contributed by atoms with Crippen LogP contribution in [0.25, 0.3) is 0 Å². The Morgan fingerprint density at radius 3 is 2.31 bits per heavy atom. The number of nitrogens with zero attached hydrogens (tertiary/aromatic N) is 1. The molecule has 6 amide bonds. The van der Waals surface area contributed by atoms with Gasteiger partial charge in [0.25, 0.3) is 0 Å². The Morgan fingerprint density at radius 1 is 1.03 bits per heavy atom. The van der Waals surface area contributed by atoms with Gasteiger partial charge in [-0.2, -0.15) is 11.8 Å². The van der Waals surface area contributed by atoms with Crippen molar-refractivity contribution in [1.29, 1.82) is 0 Å². The minimum Gasteiger partial charge on any atom is -0.450 e. The number of hydrogen-bond acceptors (Lipinski definition) is 9. The third-order valence-electron chi connectivity index (χ3n) is 5.13. The number of nitrogens with one attached hydrogen (secondary N) is 4. The summed E-state index contributed by atoms with van der Waals surface area (Å²) in [6, 6.07) is -0.922. The van der Waals surface area contributed by atoms with Gasteiger partial charge in [-0.05, 0) is 46.3 Å². The number of unbranched alkanes of at least 4 members (excludes halogenated alkanes) is 1. The largest absolute Gasteiger partial charge is 0.450 e. The van der Waals surface area contributed by atoms with E-state index in [0.717, 1.165) is 4.90 Å². The molecule has 4 N–H and O–H groups in total. The zero-order valence-electron chi connectivity index (χ0n) is 21.2. The van der Waals surface area contributed by atoms with Gasteiger partial charge in [0.1, 0.15) is 6.04 Å². The number of alkyl carbamates (subject to hydrolysis) is 2. The zero-order chi connectivity index (χ0) is 27.1. The fourth-order valence-electron chi connectivity index (χ4n) is 3.38. The third-order valence-corrected chi connectivity index (χ3v) is 6.07. The summed E-state index contributed by atoms with van der Waals surface area (Å²) in [4.78, 5) is 73.4.